The second-order valence-corrected chi connectivity index (χ2v) is 10.8. The number of nitrogens with one attached hydrogen (secondary N) is 1. The number of nitrogens with zero attached hydrogens (tertiary/aromatic N) is 1. The van der Waals surface area contributed by atoms with Gasteiger partial charge in [0.05, 0.1) is 16.7 Å². The molecule has 1 aromatic carbocycles. The molecule has 0 aromatic heterocycles. The van der Waals surface area contributed by atoms with Crippen LogP contribution in [0.3, 0.4) is 0 Å². The fourth-order valence-corrected chi connectivity index (χ4v) is 5.52. The van der Waals surface area contributed by atoms with Crippen LogP contribution in [0.4, 0.5) is 0 Å². The van der Waals surface area contributed by atoms with Crippen molar-refractivity contribution in [2.75, 3.05) is 12.3 Å². The fourth-order valence-electron chi connectivity index (χ4n) is 2.98. The van der Waals surface area contributed by atoms with Crippen LogP contribution >= 0.6 is 24.0 Å². The minimum atomic E-state index is -3.23. The first-order valence-electron chi connectivity index (χ1n) is 9.20. The largest absolute Gasteiger partial charge is 0.349 e. The Morgan fingerprint density at radius 2 is 2.03 bits per heavy atom. The molecule has 1 saturated heterocycles. The summed E-state index contributed by atoms with van der Waals surface area (Å²) in [6.07, 6.45) is 3.31. The second-order valence-electron chi connectivity index (χ2n) is 7.24. The first-order chi connectivity index (χ1) is 13.6. The molecule has 1 fully saturated rings. The number of sulfone groups is 1. The Morgan fingerprint density at radius 1 is 1.34 bits per heavy atom. The first kappa shape index (κ1) is 21.7. The van der Waals surface area contributed by atoms with E-state index in [1.54, 1.807) is 6.08 Å². The van der Waals surface area contributed by atoms with Crippen LogP contribution in [-0.2, 0) is 19.4 Å². The Bertz CT molecular complexity index is 995. The third-order valence-electron chi connectivity index (χ3n) is 4.61. The highest BCUT2D eigenvalue weighted by molar-refractivity contribution is 8.26. The lowest BCUT2D eigenvalue weighted by molar-refractivity contribution is -0.124. The van der Waals surface area contributed by atoms with Crippen LogP contribution in [0.25, 0.3) is 6.08 Å². The lowest BCUT2D eigenvalue weighted by atomic mass is 10.0. The summed E-state index contributed by atoms with van der Waals surface area (Å²) in [5.41, 5.74) is 2.15. The highest BCUT2D eigenvalue weighted by Crippen LogP contribution is 2.32. The lowest BCUT2D eigenvalue weighted by Crippen LogP contribution is -2.38. The van der Waals surface area contributed by atoms with Crippen LogP contribution in [0.5, 0.6) is 0 Å². The van der Waals surface area contributed by atoms with Gasteiger partial charge in [0.15, 0.2) is 9.84 Å². The van der Waals surface area contributed by atoms with Crippen LogP contribution < -0.4 is 5.32 Å². The van der Waals surface area contributed by atoms with Crippen molar-refractivity contribution in [3.05, 3.63) is 51.8 Å². The van der Waals surface area contributed by atoms with Gasteiger partial charge in [-0.2, -0.15) is 0 Å². The number of hydrogen-bond acceptors (Lipinski definition) is 6. The molecule has 0 bridgehead atoms. The molecule has 2 aliphatic heterocycles. The number of benzene rings is 1. The van der Waals surface area contributed by atoms with Crippen LogP contribution in [0.2, 0.25) is 0 Å². The molecule has 1 N–H and O–H groups in total. The zero-order valence-electron chi connectivity index (χ0n) is 16.1. The number of carbonyl (C=O) groups excluding carboxylic acids is 2. The lowest BCUT2D eigenvalue weighted by Gasteiger charge is -2.15. The molecule has 154 valence electrons. The summed E-state index contributed by atoms with van der Waals surface area (Å²) in [5.74, 6) is -0.227. The molecule has 0 saturated carbocycles. The van der Waals surface area contributed by atoms with E-state index in [4.69, 9.17) is 12.2 Å². The van der Waals surface area contributed by atoms with E-state index in [0.29, 0.717) is 15.1 Å². The molecule has 0 unspecified atom stereocenters. The summed E-state index contributed by atoms with van der Waals surface area (Å²) in [7, 11) is -3.23. The SMILES string of the molecule is CC(C)c1ccc(/C=C2\SC(=S)N(CCC(=O)N[C@@H]3C=CS(=O)(=O)C3)C2=O)cc1. The zero-order chi connectivity index (χ0) is 21.2. The Kier molecular flexibility index (Phi) is 6.60. The topological polar surface area (TPSA) is 83.6 Å². The average molecular weight is 451 g/mol. The van der Waals surface area contributed by atoms with Crippen molar-refractivity contribution in [2.24, 2.45) is 0 Å². The molecular formula is C20H22N2O4S3. The molecule has 3 rings (SSSR count). The van der Waals surface area contributed by atoms with E-state index in [1.807, 2.05) is 24.3 Å². The number of rotatable bonds is 6. The molecule has 1 aromatic rings. The first-order valence-corrected chi connectivity index (χ1v) is 12.1. The highest BCUT2D eigenvalue weighted by atomic mass is 32.2. The van der Waals surface area contributed by atoms with Crippen LogP contribution in [0, 0.1) is 0 Å². The summed E-state index contributed by atoms with van der Waals surface area (Å²) in [4.78, 5) is 26.7. The minimum Gasteiger partial charge on any atom is -0.349 e. The van der Waals surface area contributed by atoms with Crippen LogP contribution in [0.1, 0.15) is 37.3 Å². The van der Waals surface area contributed by atoms with Crippen molar-refractivity contribution in [2.45, 2.75) is 32.2 Å². The van der Waals surface area contributed by atoms with Gasteiger partial charge in [-0.05, 0) is 29.2 Å². The van der Waals surface area contributed by atoms with Gasteiger partial charge in [-0.15, -0.1) is 0 Å². The highest BCUT2D eigenvalue weighted by Gasteiger charge is 2.32. The van der Waals surface area contributed by atoms with Gasteiger partial charge in [-0.25, -0.2) is 8.42 Å². The van der Waals surface area contributed by atoms with E-state index in [9.17, 15) is 18.0 Å². The normalized spacial score (nSPS) is 22.1. The van der Waals surface area contributed by atoms with Crippen molar-refractivity contribution in [1.82, 2.24) is 10.2 Å². The van der Waals surface area contributed by atoms with Gasteiger partial charge in [-0.1, -0.05) is 62.1 Å². The van der Waals surface area contributed by atoms with E-state index < -0.39 is 15.9 Å². The Morgan fingerprint density at radius 3 is 2.62 bits per heavy atom. The van der Waals surface area contributed by atoms with E-state index in [0.717, 1.165) is 11.0 Å². The Hall–Kier alpha value is -1.97. The summed E-state index contributed by atoms with van der Waals surface area (Å²) < 4.78 is 23.2. The molecular weight excluding hydrogens is 428 g/mol. The maximum Gasteiger partial charge on any atom is 0.266 e. The molecule has 0 spiro atoms. The molecule has 0 radical (unpaired) electrons. The molecule has 2 aliphatic rings. The molecule has 2 heterocycles. The predicted molar refractivity (Wildman–Crippen MR) is 120 cm³/mol. The third-order valence-corrected chi connectivity index (χ3v) is 7.39. The standard InChI is InChI=1S/C20H22N2O4S3/c1-13(2)15-5-3-14(4-6-15)11-17-19(24)22(20(27)28-17)9-7-18(23)21-16-8-10-29(25,26)12-16/h3-6,8,10-11,13,16H,7,9,12H2,1-2H3,(H,21,23)/b17-11-/t16-/m1/s1. The third kappa shape index (κ3) is 5.55. The fraction of sp³-hybridized carbons (Fsp3) is 0.350. The monoisotopic (exact) mass is 450 g/mol. The van der Waals surface area contributed by atoms with Crippen molar-refractivity contribution < 1.29 is 18.0 Å². The second kappa shape index (κ2) is 8.81. The summed E-state index contributed by atoms with van der Waals surface area (Å²) in [6, 6.07) is 7.50. The molecule has 1 atom stereocenters. The number of thiocarbonyl (C=S) groups is 1. The number of hydrogen-bond donors (Lipinski definition) is 1. The molecule has 2 amide bonds. The number of amides is 2. The van der Waals surface area contributed by atoms with Crippen molar-refractivity contribution in [3.63, 3.8) is 0 Å². The quantitative estimate of drug-likeness (QED) is 0.530. The van der Waals surface area contributed by atoms with Gasteiger partial charge >= 0.3 is 0 Å². The number of thioether (sulfide) groups is 1. The maximum atomic E-state index is 12.7. The van der Waals surface area contributed by atoms with E-state index >= 15 is 0 Å². The van der Waals surface area contributed by atoms with Gasteiger partial charge in [0.1, 0.15) is 4.32 Å². The Labute approximate surface area is 180 Å². The van der Waals surface area contributed by atoms with Crippen molar-refractivity contribution in [3.8, 4) is 0 Å². The minimum absolute atomic E-state index is 0.0488. The molecule has 29 heavy (non-hydrogen) atoms. The van der Waals surface area contributed by atoms with Gasteiger partial charge < -0.3 is 5.32 Å². The maximum absolute atomic E-state index is 12.7. The van der Waals surface area contributed by atoms with Crippen LogP contribution in [-0.4, -0.2) is 47.8 Å². The summed E-state index contributed by atoms with van der Waals surface area (Å²) in [6.45, 7) is 4.40. The average Bonchev–Trinajstić information content (AvgIpc) is 3.12. The Balaban J connectivity index is 1.57. The van der Waals surface area contributed by atoms with Gasteiger partial charge in [0.25, 0.3) is 5.91 Å². The van der Waals surface area contributed by atoms with E-state index in [2.05, 4.69) is 19.2 Å². The van der Waals surface area contributed by atoms with E-state index in [-0.39, 0.29) is 30.5 Å². The molecule has 9 heteroatoms. The summed E-state index contributed by atoms with van der Waals surface area (Å²) in [5, 5.41) is 3.76. The summed E-state index contributed by atoms with van der Waals surface area (Å²) >= 11 is 6.51. The zero-order valence-corrected chi connectivity index (χ0v) is 18.6. The van der Waals surface area contributed by atoms with E-state index in [1.165, 1.54) is 28.3 Å². The smallest absolute Gasteiger partial charge is 0.266 e. The van der Waals surface area contributed by atoms with Crippen molar-refractivity contribution >= 4 is 56.0 Å². The predicted octanol–water partition coefficient (Wildman–Crippen LogP) is 2.83. The van der Waals surface area contributed by atoms with Gasteiger partial charge in [0, 0.05) is 18.4 Å². The molecule has 0 aliphatic carbocycles. The number of carbonyl (C=O) groups is 2. The van der Waals surface area contributed by atoms with Gasteiger partial charge in [0.2, 0.25) is 5.91 Å². The van der Waals surface area contributed by atoms with Crippen LogP contribution in [0.15, 0.2) is 40.7 Å². The molecule has 6 nitrogen and oxygen atoms in total. The van der Waals surface area contributed by atoms with Gasteiger partial charge in [-0.3, -0.25) is 14.5 Å². The van der Waals surface area contributed by atoms with Crippen molar-refractivity contribution in [1.29, 1.82) is 0 Å².